The second-order valence-corrected chi connectivity index (χ2v) is 5.10. The fourth-order valence-electron chi connectivity index (χ4n) is 2.24. The zero-order chi connectivity index (χ0) is 16.1. The summed E-state index contributed by atoms with van der Waals surface area (Å²) in [4.78, 5) is 18.9. The van der Waals surface area contributed by atoms with E-state index in [0.29, 0.717) is 18.7 Å². The molecule has 5 nitrogen and oxygen atoms in total. The van der Waals surface area contributed by atoms with Crippen LogP contribution in [0.3, 0.4) is 0 Å². The van der Waals surface area contributed by atoms with E-state index in [1.165, 1.54) is 18.2 Å². The highest BCUT2D eigenvalue weighted by molar-refractivity contribution is 5.77. The van der Waals surface area contributed by atoms with Crippen molar-refractivity contribution >= 4 is 16.9 Å². The number of H-pyrrole nitrogens is 1. The normalized spacial score (nSPS) is 10.7. The SMILES string of the molecule is O=C(COc1cccc(F)c1)NCCc1ccc2nc[nH]c2c1. The summed E-state index contributed by atoms with van der Waals surface area (Å²) in [5, 5.41) is 2.77. The number of ether oxygens (including phenoxy) is 1. The number of hydrogen-bond donors (Lipinski definition) is 2. The summed E-state index contributed by atoms with van der Waals surface area (Å²) in [5.41, 5.74) is 3.00. The fourth-order valence-corrected chi connectivity index (χ4v) is 2.24. The molecule has 0 unspecified atom stereocenters. The Morgan fingerprint density at radius 3 is 3.04 bits per heavy atom. The maximum atomic E-state index is 13.0. The summed E-state index contributed by atoms with van der Waals surface area (Å²) >= 11 is 0. The number of carbonyl (C=O) groups is 1. The van der Waals surface area contributed by atoms with E-state index in [1.807, 2.05) is 18.2 Å². The zero-order valence-electron chi connectivity index (χ0n) is 12.4. The number of amides is 1. The highest BCUT2D eigenvalue weighted by Gasteiger charge is 2.04. The molecule has 0 aliphatic carbocycles. The molecular formula is C17H16FN3O2. The first kappa shape index (κ1) is 15.0. The number of nitrogens with zero attached hydrogens (tertiary/aromatic N) is 1. The van der Waals surface area contributed by atoms with Crippen LogP contribution in [0.25, 0.3) is 11.0 Å². The van der Waals surface area contributed by atoms with E-state index in [2.05, 4.69) is 15.3 Å². The molecule has 3 rings (SSSR count). The van der Waals surface area contributed by atoms with Crippen LogP contribution in [0, 0.1) is 5.82 Å². The second kappa shape index (κ2) is 6.91. The number of carbonyl (C=O) groups excluding carboxylic acids is 1. The second-order valence-electron chi connectivity index (χ2n) is 5.10. The smallest absolute Gasteiger partial charge is 0.257 e. The lowest BCUT2D eigenvalue weighted by Crippen LogP contribution is -2.30. The van der Waals surface area contributed by atoms with Gasteiger partial charge >= 0.3 is 0 Å². The third-order valence-corrected chi connectivity index (χ3v) is 3.39. The van der Waals surface area contributed by atoms with Gasteiger partial charge in [-0.3, -0.25) is 4.79 Å². The number of hydrogen-bond acceptors (Lipinski definition) is 3. The zero-order valence-corrected chi connectivity index (χ0v) is 12.4. The number of rotatable bonds is 6. The molecule has 2 N–H and O–H groups in total. The summed E-state index contributed by atoms with van der Waals surface area (Å²) in [5.74, 6) is -0.293. The maximum Gasteiger partial charge on any atom is 0.257 e. The van der Waals surface area contributed by atoms with E-state index in [1.54, 1.807) is 12.4 Å². The van der Waals surface area contributed by atoms with Gasteiger partial charge in [-0.15, -0.1) is 0 Å². The van der Waals surface area contributed by atoms with E-state index in [0.717, 1.165) is 16.6 Å². The maximum absolute atomic E-state index is 13.0. The molecule has 2 aromatic carbocycles. The Morgan fingerprint density at radius 1 is 1.26 bits per heavy atom. The Hall–Kier alpha value is -2.89. The molecule has 1 heterocycles. The molecule has 0 aliphatic heterocycles. The average Bonchev–Trinajstić information content (AvgIpc) is 3.01. The lowest BCUT2D eigenvalue weighted by molar-refractivity contribution is -0.123. The number of aromatic amines is 1. The molecule has 6 heteroatoms. The molecule has 0 saturated heterocycles. The van der Waals surface area contributed by atoms with Crippen LogP contribution in [0.5, 0.6) is 5.75 Å². The fraction of sp³-hybridized carbons (Fsp3) is 0.176. The Morgan fingerprint density at radius 2 is 2.17 bits per heavy atom. The molecule has 118 valence electrons. The molecule has 1 aromatic heterocycles. The van der Waals surface area contributed by atoms with Gasteiger partial charge in [-0.25, -0.2) is 9.37 Å². The van der Waals surface area contributed by atoms with Crippen LogP contribution in [0.15, 0.2) is 48.8 Å². The predicted octanol–water partition coefficient (Wildman–Crippen LogP) is 2.44. The number of halogens is 1. The lowest BCUT2D eigenvalue weighted by Gasteiger charge is -2.07. The Kier molecular flexibility index (Phi) is 4.52. The molecule has 0 saturated carbocycles. The summed E-state index contributed by atoms with van der Waals surface area (Å²) in [6.45, 7) is 0.369. The lowest BCUT2D eigenvalue weighted by atomic mass is 10.1. The van der Waals surface area contributed by atoms with E-state index < -0.39 is 5.82 Å². The minimum atomic E-state index is -0.392. The van der Waals surface area contributed by atoms with Gasteiger partial charge in [0, 0.05) is 12.6 Å². The van der Waals surface area contributed by atoms with Crippen LogP contribution in [0.2, 0.25) is 0 Å². The third kappa shape index (κ3) is 4.06. The van der Waals surface area contributed by atoms with Gasteiger partial charge < -0.3 is 15.0 Å². The summed E-state index contributed by atoms with van der Waals surface area (Å²) in [6.07, 6.45) is 2.36. The van der Waals surface area contributed by atoms with Crippen molar-refractivity contribution in [3.8, 4) is 5.75 Å². The summed E-state index contributed by atoms with van der Waals surface area (Å²) in [6, 6.07) is 11.6. The first-order valence-corrected chi connectivity index (χ1v) is 7.28. The van der Waals surface area contributed by atoms with Crippen LogP contribution in [0.1, 0.15) is 5.56 Å². The van der Waals surface area contributed by atoms with Crippen molar-refractivity contribution in [2.75, 3.05) is 13.2 Å². The van der Waals surface area contributed by atoms with Crippen molar-refractivity contribution in [3.63, 3.8) is 0 Å². The minimum Gasteiger partial charge on any atom is -0.484 e. The van der Waals surface area contributed by atoms with E-state index >= 15 is 0 Å². The van der Waals surface area contributed by atoms with Crippen LogP contribution in [-0.2, 0) is 11.2 Å². The van der Waals surface area contributed by atoms with E-state index in [4.69, 9.17) is 4.74 Å². The van der Waals surface area contributed by atoms with Gasteiger partial charge in [0.25, 0.3) is 5.91 Å². The molecule has 0 atom stereocenters. The molecule has 23 heavy (non-hydrogen) atoms. The summed E-state index contributed by atoms with van der Waals surface area (Å²) < 4.78 is 18.2. The number of nitrogens with one attached hydrogen (secondary N) is 2. The Balaban J connectivity index is 1.43. The number of benzene rings is 2. The van der Waals surface area contributed by atoms with Crippen LogP contribution in [0.4, 0.5) is 4.39 Å². The number of imidazole rings is 1. The van der Waals surface area contributed by atoms with Crippen molar-refractivity contribution in [2.45, 2.75) is 6.42 Å². The van der Waals surface area contributed by atoms with Crippen molar-refractivity contribution in [2.24, 2.45) is 0 Å². The van der Waals surface area contributed by atoms with Crippen molar-refractivity contribution in [1.82, 2.24) is 15.3 Å². The van der Waals surface area contributed by atoms with Crippen LogP contribution >= 0.6 is 0 Å². The molecule has 0 aliphatic rings. The van der Waals surface area contributed by atoms with Crippen molar-refractivity contribution in [1.29, 1.82) is 0 Å². The van der Waals surface area contributed by atoms with Gasteiger partial charge in [0.1, 0.15) is 11.6 Å². The predicted molar refractivity (Wildman–Crippen MR) is 84.7 cm³/mol. The van der Waals surface area contributed by atoms with Gasteiger partial charge in [0.2, 0.25) is 0 Å². The van der Waals surface area contributed by atoms with Gasteiger partial charge in [-0.2, -0.15) is 0 Å². The van der Waals surface area contributed by atoms with Crippen molar-refractivity contribution < 1.29 is 13.9 Å². The molecule has 0 spiro atoms. The van der Waals surface area contributed by atoms with Gasteiger partial charge in [-0.05, 0) is 36.2 Å². The standard InChI is InChI=1S/C17H16FN3O2/c18-13-2-1-3-14(9-13)23-10-17(22)19-7-6-12-4-5-15-16(8-12)21-11-20-15/h1-5,8-9,11H,6-7,10H2,(H,19,22)(H,20,21). The molecule has 3 aromatic rings. The molecule has 1 amide bonds. The van der Waals surface area contributed by atoms with Crippen molar-refractivity contribution in [3.05, 3.63) is 60.2 Å². The quantitative estimate of drug-likeness (QED) is 0.734. The number of aromatic nitrogens is 2. The highest BCUT2D eigenvalue weighted by atomic mass is 19.1. The van der Waals surface area contributed by atoms with Gasteiger partial charge in [0.15, 0.2) is 6.61 Å². The largest absolute Gasteiger partial charge is 0.484 e. The van der Waals surface area contributed by atoms with E-state index in [-0.39, 0.29) is 12.5 Å². The molecular weight excluding hydrogens is 297 g/mol. The minimum absolute atomic E-state index is 0.136. The van der Waals surface area contributed by atoms with Crippen LogP contribution < -0.4 is 10.1 Å². The molecule has 0 bridgehead atoms. The van der Waals surface area contributed by atoms with Gasteiger partial charge in [0.05, 0.1) is 17.4 Å². The topological polar surface area (TPSA) is 67.0 Å². The first-order chi connectivity index (χ1) is 11.2. The first-order valence-electron chi connectivity index (χ1n) is 7.28. The molecule has 0 fully saturated rings. The average molecular weight is 313 g/mol. The number of fused-ring (bicyclic) bond motifs is 1. The highest BCUT2D eigenvalue weighted by Crippen LogP contribution is 2.12. The Labute approximate surface area is 132 Å². The Bertz CT molecular complexity index is 816. The monoisotopic (exact) mass is 313 g/mol. The van der Waals surface area contributed by atoms with Crippen LogP contribution in [-0.4, -0.2) is 29.0 Å². The third-order valence-electron chi connectivity index (χ3n) is 3.39. The summed E-state index contributed by atoms with van der Waals surface area (Å²) in [7, 11) is 0. The molecule has 0 radical (unpaired) electrons. The van der Waals surface area contributed by atoms with Gasteiger partial charge in [-0.1, -0.05) is 12.1 Å². The van der Waals surface area contributed by atoms with E-state index in [9.17, 15) is 9.18 Å².